The maximum absolute atomic E-state index is 12.4. The quantitative estimate of drug-likeness (QED) is 0.878. The molecule has 7 heteroatoms. The van der Waals surface area contributed by atoms with Crippen molar-refractivity contribution in [3.05, 3.63) is 59.9 Å². The highest BCUT2D eigenvalue weighted by Gasteiger charge is 2.29. The lowest BCUT2D eigenvalue weighted by molar-refractivity contribution is 0.0941. The standard InChI is InChI=1S/C18H21N3O3S/c1-21(12-14-5-3-2-4-6-14)17-9-15(10-19-11-17)18(22)20-16-7-8-25(23,24)13-16/h2-6,9-11,16H,7-8,12-13H2,1H3,(H,20,22). The summed E-state index contributed by atoms with van der Waals surface area (Å²) in [6, 6.07) is 11.5. The number of pyridine rings is 1. The Morgan fingerprint density at radius 2 is 2.04 bits per heavy atom. The first-order valence-electron chi connectivity index (χ1n) is 8.14. The van der Waals surface area contributed by atoms with Gasteiger partial charge in [-0.2, -0.15) is 0 Å². The van der Waals surface area contributed by atoms with Crippen molar-refractivity contribution in [1.82, 2.24) is 10.3 Å². The summed E-state index contributed by atoms with van der Waals surface area (Å²) in [7, 11) is -1.08. The Kier molecular flexibility index (Phi) is 5.03. The number of carbonyl (C=O) groups excluding carboxylic acids is 1. The van der Waals surface area contributed by atoms with Gasteiger partial charge in [-0.05, 0) is 18.1 Å². The molecule has 1 N–H and O–H groups in total. The normalized spacial score (nSPS) is 18.7. The van der Waals surface area contributed by atoms with Crippen molar-refractivity contribution in [2.75, 3.05) is 23.5 Å². The number of amides is 1. The molecule has 2 aromatic rings. The fraction of sp³-hybridized carbons (Fsp3) is 0.333. The summed E-state index contributed by atoms with van der Waals surface area (Å²) in [5, 5.41) is 2.79. The maximum atomic E-state index is 12.4. The van der Waals surface area contributed by atoms with Crippen LogP contribution in [0, 0.1) is 0 Å². The summed E-state index contributed by atoms with van der Waals surface area (Å²) in [5.74, 6) is -0.139. The predicted octanol–water partition coefficient (Wildman–Crippen LogP) is 1.63. The topological polar surface area (TPSA) is 79.4 Å². The second-order valence-corrected chi connectivity index (χ2v) is 8.58. The van der Waals surface area contributed by atoms with Crippen molar-refractivity contribution < 1.29 is 13.2 Å². The number of hydrogen-bond acceptors (Lipinski definition) is 5. The molecule has 1 aliphatic rings. The van der Waals surface area contributed by atoms with E-state index in [1.165, 1.54) is 6.20 Å². The first-order valence-corrected chi connectivity index (χ1v) is 9.96. The van der Waals surface area contributed by atoms with E-state index in [9.17, 15) is 13.2 Å². The summed E-state index contributed by atoms with van der Waals surface area (Å²) in [5.41, 5.74) is 2.42. The maximum Gasteiger partial charge on any atom is 0.253 e. The Morgan fingerprint density at radius 3 is 2.72 bits per heavy atom. The zero-order valence-electron chi connectivity index (χ0n) is 14.1. The van der Waals surface area contributed by atoms with Gasteiger partial charge in [0.25, 0.3) is 5.91 Å². The van der Waals surface area contributed by atoms with Crippen LogP contribution in [0.5, 0.6) is 0 Å². The molecule has 1 atom stereocenters. The minimum Gasteiger partial charge on any atom is -0.369 e. The van der Waals surface area contributed by atoms with Gasteiger partial charge in [0.05, 0.1) is 29.0 Å². The van der Waals surface area contributed by atoms with Crippen molar-refractivity contribution in [3.63, 3.8) is 0 Å². The van der Waals surface area contributed by atoms with Gasteiger partial charge in [0.15, 0.2) is 9.84 Å². The van der Waals surface area contributed by atoms with Crippen molar-refractivity contribution in [2.24, 2.45) is 0 Å². The van der Waals surface area contributed by atoms with E-state index in [4.69, 9.17) is 0 Å². The van der Waals surface area contributed by atoms with Crippen LogP contribution in [0.15, 0.2) is 48.8 Å². The van der Waals surface area contributed by atoms with Gasteiger partial charge >= 0.3 is 0 Å². The Bertz CT molecular complexity index is 853. The number of carbonyl (C=O) groups is 1. The van der Waals surface area contributed by atoms with E-state index in [-0.39, 0.29) is 23.5 Å². The summed E-state index contributed by atoms with van der Waals surface area (Å²) >= 11 is 0. The van der Waals surface area contributed by atoms with Gasteiger partial charge < -0.3 is 10.2 Å². The number of rotatable bonds is 5. The fourth-order valence-corrected chi connectivity index (χ4v) is 4.56. The molecule has 1 unspecified atom stereocenters. The van der Waals surface area contributed by atoms with Crippen molar-refractivity contribution >= 4 is 21.4 Å². The molecule has 0 spiro atoms. The SMILES string of the molecule is CN(Cc1ccccc1)c1cncc(C(=O)NC2CCS(=O)(=O)C2)c1. The van der Waals surface area contributed by atoms with Gasteiger partial charge in [0.2, 0.25) is 0 Å². The van der Waals surface area contributed by atoms with Crippen LogP contribution in [0.3, 0.4) is 0 Å². The van der Waals surface area contributed by atoms with Crippen LogP contribution in [-0.2, 0) is 16.4 Å². The highest BCUT2D eigenvalue weighted by molar-refractivity contribution is 7.91. The smallest absolute Gasteiger partial charge is 0.253 e. The Morgan fingerprint density at radius 1 is 1.28 bits per heavy atom. The molecule has 1 amide bonds. The molecule has 132 valence electrons. The van der Waals surface area contributed by atoms with Gasteiger partial charge in [0, 0.05) is 25.8 Å². The van der Waals surface area contributed by atoms with Crippen molar-refractivity contribution in [3.8, 4) is 0 Å². The number of sulfone groups is 1. The van der Waals surface area contributed by atoms with E-state index >= 15 is 0 Å². The lowest BCUT2D eigenvalue weighted by Crippen LogP contribution is -2.35. The minimum atomic E-state index is -3.02. The third-order valence-electron chi connectivity index (χ3n) is 4.26. The van der Waals surface area contributed by atoms with Gasteiger partial charge in [-0.25, -0.2) is 8.42 Å². The number of hydrogen-bond donors (Lipinski definition) is 1. The van der Waals surface area contributed by atoms with Crippen LogP contribution < -0.4 is 10.2 Å². The van der Waals surface area contributed by atoms with E-state index in [1.54, 1.807) is 12.3 Å². The number of anilines is 1. The van der Waals surface area contributed by atoms with Gasteiger partial charge in [0.1, 0.15) is 0 Å². The zero-order chi connectivity index (χ0) is 17.9. The van der Waals surface area contributed by atoms with Crippen molar-refractivity contribution in [2.45, 2.75) is 19.0 Å². The number of nitrogens with zero attached hydrogens (tertiary/aromatic N) is 2. The Hall–Kier alpha value is -2.41. The molecule has 1 saturated heterocycles. The number of aromatic nitrogens is 1. The van der Waals surface area contributed by atoms with E-state index in [0.717, 1.165) is 11.3 Å². The van der Waals surface area contributed by atoms with E-state index in [2.05, 4.69) is 10.3 Å². The summed E-state index contributed by atoms with van der Waals surface area (Å²) in [6.07, 6.45) is 3.67. The van der Waals surface area contributed by atoms with Gasteiger partial charge in [-0.15, -0.1) is 0 Å². The highest BCUT2D eigenvalue weighted by atomic mass is 32.2. The second kappa shape index (κ2) is 7.23. The average Bonchev–Trinajstić information content (AvgIpc) is 2.94. The van der Waals surface area contributed by atoms with Crippen LogP contribution in [0.4, 0.5) is 5.69 Å². The fourth-order valence-electron chi connectivity index (χ4n) is 2.89. The van der Waals surface area contributed by atoms with Gasteiger partial charge in [-0.1, -0.05) is 30.3 Å². The van der Waals surface area contributed by atoms with Crippen molar-refractivity contribution in [1.29, 1.82) is 0 Å². The molecule has 1 aromatic heterocycles. The lowest BCUT2D eigenvalue weighted by Gasteiger charge is -2.20. The van der Waals surface area contributed by atoms with Crippen LogP contribution >= 0.6 is 0 Å². The number of benzene rings is 1. The third kappa shape index (κ3) is 4.57. The zero-order valence-corrected chi connectivity index (χ0v) is 14.9. The van der Waals surface area contributed by atoms with Gasteiger partial charge in [-0.3, -0.25) is 9.78 Å². The first-order chi connectivity index (χ1) is 11.9. The molecule has 0 radical (unpaired) electrons. The second-order valence-electron chi connectivity index (χ2n) is 6.35. The molecule has 1 fully saturated rings. The van der Waals surface area contributed by atoms with Crippen LogP contribution in [0.25, 0.3) is 0 Å². The van der Waals surface area contributed by atoms with E-state index in [1.807, 2.05) is 42.3 Å². The van der Waals surface area contributed by atoms with Crippen LogP contribution in [0.1, 0.15) is 22.3 Å². The molecule has 0 saturated carbocycles. The molecular formula is C18H21N3O3S. The molecular weight excluding hydrogens is 338 g/mol. The summed E-state index contributed by atoms with van der Waals surface area (Å²) < 4.78 is 23.0. The Labute approximate surface area is 147 Å². The lowest BCUT2D eigenvalue weighted by atomic mass is 10.2. The van der Waals surface area contributed by atoms with Crippen LogP contribution in [0.2, 0.25) is 0 Å². The average molecular weight is 359 g/mol. The first kappa shape index (κ1) is 17.4. The molecule has 6 nitrogen and oxygen atoms in total. The molecule has 0 aliphatic carbocycles. The molecule has 2 heterocycles. The molecule has 0 bridgehead atoms. The summed E-state index contributed by atoms with van der Waals surface area (Å²) in [6.45, 7) is 0.703. The predicted molar refractivity (Wildman–Crippen MR) is 97.3 cm³/mol. The number of nitrogens with one attached hydrogen (secondary N) is 1. The Balaban J connectivity index is 1.67. The third-order valence-corrected chi connectivity index (χ3v) is 6.02. The molecule has 1 aliphatic heterocycles. The van der Waals surface area contributed by atoms with E-state index < -0.39 is 9.84 Å². The summed E-state index contributed by atoms with van der Waals surface area (Å²) in [4.78, 5) is 18.5. The minimum absolute atomic E-state index is 0.0137. The van der Waals surface area contributed by atoms with E-state index in [0.29, 0.717) is 18.5 Å². The largest absolute Gasteiger partial charge is 0.369 e. The monoisotopic (exact) mass is 359 g/mol. The molecule has 25 heavy (non-hydrogen) atoms. The van der Waals surface area contributed by atoms with Crippen LogP contribution in [-0.4, -0.2) is 43.9 Å². The molecule has 3 rings (SSSR count). The molecule has 1 aromatic carbocycles. The highest BCUT2D eigenvalue weighted by Crippen LogP contribution is 2.17.